The number of aliphatic hydroxyl groups is 2. The summed E-state index contributed by atoms with van der Waals surface area (Å²) in [5.74, 6) is -0.421. The summed E-state index contributed by atoms with van der Waals surface area (Å²) in [7, 11) is 0. The molecule has 2 rings (SSSR count). The lowest BCUT2D eigenvalue weighted by atomic mass is 10.1. The standard InChI is InChI=1S/C12H15NO4/c1-7-8(2)17-12(16)11(7)13-9(5-14)3-4-10(13)6-15/h3-4,8,14-15H,5-6H2,1-2H3/t8-/m1/s1. The number of carbonyl (C=O) groups excluding carboxylic acids is 1. The molecule has 0 radical (unpaired) electrons. The summed E-state index contributed by atoms with van der Waals surface area (Å²) in [6, 6.07) is 3.37. The number of esters is 1. The maximum absolute atomic E-state index is 11.8. The molecule has 0 amide bonds. The van der Waals surface area contributed by atoms with Crippen molar-refractivity contribution in [1.29, 1.82) is 0 Å². The van der Waals surface area contributed by atoms with Gasteiger partial charge in [-0.3, -0.25) is 0 Å². The minimum absolute atomic E-state index is 0.196. The van der Waals surface area contributed by atoms with Crippen LogP contribution in [0.4, 0.5) is 0 Å². The van der Waals surface area contributed by atoms with Gasteiger partial charge in [0.25, 0.3) is 0 Å². The Morgan fingerprint density at radius 3 is 2.18 bits per heavy atom. The van der Waals surface area contributed by atoms with Crippen LogP contribution in [0.25, 0.3) is 5.70 Å². The lowest BCUT2D eigenvalue weighted by Gasteiger charge is -2.10. The topological polar surface area (TPSA) is 71.7 Å². The molecule has 0 aromatic carbocycles. The number of hydrogen-bond donors (Lipinski definition) is 2. The Labute approximate surface area is 98.9 Å². The van der Waals surface area contributed by atoms with E-state index in [1.807, 2.05) is 6.92 Å². The predicted molar refractivity (Wildman–Crippen MR) is 60.7 cm³/mol. The lowest BCUT2D eigenvalue weighted by molar-refractivity contribution is -0.137. The molecule has 0 unspecified atom stereocenters. The van der Waals surface area contributed by atoms with Crippen LogP contribution in [0.5, 0.6) is 0 Å². The molecule has 1 atom stereocenters. The summed E-state index contributed by atoms with van der Waals surface area (Å²) in [6.07, 6.45) is -0.266. The van der Waals surface area contributed by atoms with Crippen molar-refractivity contribution in [1.82, 2.24) is 4.57 Å². The fraction of sp³-hybridized carbons (Fsp3) is 0.417. The molecule has 92 valence electrons. The molecule has 2 heterocycles. The molecular formula is C12H15NO4. The Bertz CT molecular complexity index is 465. The van der Waals surface area contributed by atoms with E-state index in [1.54, 1.807) is 23.6 Å². The van der Waals surface area contributed by atoms with E-state index in [1.165, 1.54) is 0 Å². The van der Waals surface area contributed by atoms with Crippen LogP contribution in [-0.2, 0) is 22.7 Å². The molecule has 0 bridgehead atoms. The summed E-state index contributed by atoms with van der Waals surface area (Å²) in [5.41, 5.74) is 2.33. The third-order valence-corrected chi connectivity index (χ3v) is 3.05. The van der Waals surface area contributed by atoms with Gasteiger partial charge in [-0.05, 0) is 31.6 Å². The number of carbonyl (C=O) groups is 1. The lowest BCUT2D eigenvalue weighted by Crippen LogP contribution is -2.12. The molecule has 0 saturated heterocycles. The minimum atomic E-state index is -0.421. The van der Waals surface area contributed by atoms with E-state index < -0.39 is 5.97 Å². The third kappa shape index (κ3) is 1.77. The average Bonchev–Trinajstić information content (AvgIpc) is 2.81. The van der Waals surface area contributed by atoms with Gasteiger partial charge in [0.05, 0.1) is 13.2 Å². The maximum Gasteiger partial charge on any atom is 0.355 e. The second kappa shape index (κ2) is 4.35. The van der Waals surface area contributed by atoms with Crippen molar-refractivity contribution in [2.24, 2.45) is 0 Å². The van der Waals surface area contributed by atoms with Gasteiger partial charge in [-0.25, -0.2) is 4.79 Å². The van der Waals surface area contributed by atoms with E-state index in [9.17, 15) is 15.0 Å². The molecule has 17 heavy (non-hydrogen) atoms. The SMILES string of the molecule is CC1=C(n2c(CO)ccc2CO)C(=O)O[C@@H]1C. The first-order valence-corrected chi connectivity index (χ1v) is 5.43. The Morgan fingerprint density at radius 1 is 1.29 bits per heavy atom. The highest BCUT2D eigenvalue weighted by atomic mass is 16.5. The van der Waals surface area contributed by atoms with Gasteiger partial charge in [0.1, 0.15) is 11.8 Å². The molecule has 0 aliphatic carbocycles. The Hall–Kier alpha value is -1.59. The third-order valence-electron chi connectivity index (χ3n) is 3.05. The molecular weight excluding hydrogens is 222 g/mol. The monoisotopic (exact) mass is 237 g/mol. The summed E-state index contributed by atoms with van der Waals surface area (Å²) in [6.45, 7) is 3.21. The van der Waals surface area contributed by atoms with E-state index in [0.717, 1.165) is 5.57 Å². The van der Waals surface area contributed by atoms with Crippen LogP contribution < -0.4 is 0 Å². The van der Waals surface area contributed by atoms with Crippen LogP contribution >= 0.6 is 0 Å². The van der Waals surface area contributed by atoms with E-state index in [0.29, 0.717) is 17.1 Å². The predicted octanol–water partition coefficient (Wildman–Crippen LogP) is 0.649. The van der Waals surface area contributed by atoms with E-state index in [-0.39, 0.29) is 19.3 Å². The van der Waals surface area contributed by atoms with Gasteiger partial charge in [0.15, 0.2) is 0 Å². The summed E-state index contributed by atoms with van der Waals surface area (Å²) < 4.78 is 6.68. The molecule has 0 spiro atoms. The first-order valence-electron chi connectivity index (χ1n) is 5.43. The van der Waals surface area contributed by atoms with Gasteiger partial charge >= 0.3 is 5.97 Å². The number of cyclic esters (lactones) is 1. The van der Waals surface area contributed by atoms with Crippen molar-refractivity contribution in [2.45, 2.75) is 33.2 Å². The normalized spacial score (nSPS) is 20.0. The van der Waals surface area contributed by atoms with Crippen LogP contribution in [-0.4, -0.2) is 26.9 Å². The molecule has 2 N–H and O–H groups in total. The van der Waals surface area contributed by atoms with Crippen LogP contribution in [0.3, 0.4) is 0 Å². The van der Waals surface area contributed by atoms with Gasteiger partial charge in [0.2, 0.25) is 0 Å². The second-order valence-corrected chi connectivity index (χ2v) is 4.05. The number of hydrogen-bond acceptors (Lipinski definition) is 4. The van der Waals surface area contributed by atoms with E-state index >= 15 is 0 Å². The average molecular weight is 237 g/mol. The molecule has 1 aromatic heterocycles. The first kappa shape index (κ1) is 11.9. The van der Waals surface area contributed by atoms with Crippen LogP contribution in [0.15, 0.2) is 17.7 Å². The van der Waals surface area contributed by atoms with Gasteiger partial charge in [-0.15, -0.1) is 0 Å². The summed E-state index contributed by atoms with van der Waals surface area (Å²) in [5, 5.41) is 18.5. The highest BCUT2D eigenvalue weighted by Crippen LogP contribution is 2.29. The zero-order valence-electron chi connectivity index (χ0n) is 9.80. The fourth-order valence-electron chi connectivity index (χ4n) is 1.99. The van der Waals surface area contributed by atoms with Crippen LogP contribution in [0, 0.1) is 0 Å². The quantitative estimate of drug-likeness (QED) is 0.757. The number of aromatic nitrogens is 1. The fourth-order valence-corrected chi connectivity index (χ4v) is 1.99. The molecule has 1 aliphatic rings. The second-order valence-electron chi connectivity index (χ2n) is 4.05. The number of nitrogens with zero attached hydrogens (tertiary/aromatic N) is 1. The summed E-state index contributed by atoms with van der Waals surface area (Å²) in [4.78, 5) is 11.8. The van der Waals surface area contributed by atoms with Gasteiger partial charge < -0.3 is 19.5 Å². The van der Waals surface area contributed by atoms with Gasteiger partial charge in [-0.1, -0.05) is 0 Å². The zero-order valence-corrected chi connectivity index (χ0v) is 9.80. The van der Waals surface area contributed by atoms with Crippen LogP contribution in [0.2, 0.25) is 0 Å². The number of rotatable bonds is 3. The van der Waals surface area contributed by atoms with Crippen molar-refractivity contribution in [3.63, 3.8) is 0 Å². The molecule has 5 heteroatoms. The van der Waals surface area contributed by atoms with Crippen molar-refractivity contribution in [3.8, 4) is 0 Å². The van der Waals surface area contributed by atoms with E-state index in [2.05, 4.69) is 0 Å². The molecule has 1 aromatic rings. The van der Waals surface area contributed by atoms with Crippen molar-refractivity contribution in [3.05, 3.63) is 29.1 Å². The van der Waals surface area contributed by atoms with Crippen molar-refractivity contribution < 1.29 is 19.7 Å². The Balaban J connectivity index is 2.60. The Morgan fingerprint density at radius 2 is 1.82 bits per heavy atom. The van der Waals surface area contributed by atoms with Gasteiger partial charge in [-0.2, -0.15) is 0 Å². The van der Waals surface area contributed by atoms with Crippen molar-refractivity contribution in [2.75, 3.05) is 0 Å². The molecule has 1 aliphatic heterocycles. The number of ether oxygens (including phenoxy) is 1. The van der Waals surface area contributed by atoms with Crippen molar-refractivity contribution >= 4 is 11.7 Å². The largest absolute Gasteiger partial charge is 0.453 e. The first-order chi connectivity index (χ1) is 8.10. The molecule has 0 fully saturated rings. The highest BCUT2D eigenvalue weighted by molar-refractivity contribution is 6.13. The maximum atomic E-state index is 11.8. The highest BCUT2D eigenvalue weighted by Gasteiger charge is 2.31. The summed E-state index contributed by atoms with van der Waals surface area (Å²) >= 11 is 0. The zero-order chi connectivity index (χ0) is 12.6. The minimum Gasteiger partial charge on any atom is -0.453 e. The Kier molecular flexibility index (Phi) is 3.04. The smallest absolute Gasteiger partial charge is 0.355 e. The van der Waals surface area contributed by atoms with Gasteiger partial charge in [0, 0.05) is 11.4 Å². The molecule has 0 saturated carbocycles. The van der Waals surface area contributed by atoms with Crippen LogP contribution in [0.1, 0.15) is 25.2 Å². The van der Waals surface area contributed by atoms with E-state index in [4.69, 9.17) is 4.74 Å². The number of aliphatic hydroxyl groups excluding tert-OH is 2. The molecule has 5 nitrogen and oxygen atoms in total.